The monoisotopic (exact) mass is 306 g/mol. The summed E-state index contributed by atoms with van der Waals surface area (Å²) in [6.07, 6.45) is -1.22. The number of aliphatic hydroxyl groups excluding tert-OH is 2. The van der Waals surface area contributed by atoms with Crippen molar-refractivity contribution in [3.8, 4) is 0 Å². The Morgan fingerprint density at radius 2 is 1.50 bits per heavy atom. The number of halogens is 1. The van der Waals surface area contributed by atoms with Crippen molar-refractivity contribution in [2.24, 2.45) is 0 Å². The summed E-state index contributed by atoms with van der Waals surface area (Å²) >= 11 is 3.37. The Kier molecular flexibility index (Phi) is 4.53. The van der Waals surface area contributed by atoms with Gasteiger partial charge in [0.2, 0.25) is 0 Å². The highest BCUT2D eigenvalue weighted by Gasteiger charge is 2.18. The molecule has 0 aliphatic heterocycles. The fourth-order valence-electron chi connectivity index (χ4n) is 1.85. The maximum absolute atomic E-state index is 10.0. The van der Waals surface area contributed by atoms with Crippen LogP contribution >= 0.6 is 15.9 Å². The van der Waals surface area contributed by atoms with Crippen LogP contribution in [-0.4, -0.2) is 16.3 Å². The highest BCUT2D eigenvalue weighted by molar-refractivity contribution is 9.10. The third kappa shape index (κ3) is 3.42. The molecule has 2 aromatic rings. The van der Waals surface area contributed by atoms with Crippen LogP contribution in [0.1, 0.15) is 17.2 Å². The molecule has 2 nitrogen and oxygen atoms in total. The van der Waals surface area contributed by atoms with E-state index < -0.39 is 12.2 Å². The lowest BCUT2D eigenvalue weighted by Gasteiger charge is -2.18. The second kappa shape index (κ2) is 6.14. The van der Waals surface area contributed by atoms with Gasteiger partial charge in [-0.05, 0) is 23.3 Å². The zero-order valence-electron chi connectivity index (χ0n) is 9.83. The highest BCUT2D eigenvalue weighted by Crippen LogP contribution is 2.20. The Bertz CT molecular complexity index is 482. The number of hydrogen-bond donors (Lipinski definition) is 2. The maximum atomic E-state index is 10.0. The molecule has 2 N–H and O–H groups in total. The molecule has 0 amide bonds. The summed E-state index contributed by atoms with van der Waals surface area (Å²) in [6, 6.07) is 16.9. The first-order valence-corrected chi connectivity index (χ1v) is 6.61. The van der Waals surface area contributed by atoms with E-state index in [0.29, 0.717) is 6.42 Å². The minimum absolute atomic E-state index is 0.434. The van der Waals surface area contributed by atoms with Crippen LogP contribution in [0.2, 0.25) is 0 Å². The summed E-state index contributed by atoms with van der Waals surface area (Å²) in [7, 11) is 0. The fourth-order valence-corrected chi connectivity index (χ4v) is 2.11. The van der Waals surface area contributed by atoms with Crippen molar-refractivity contribution < 1.29 is 10.2 Å². The molecule has 0 saturated carbocycles. The van der Waals surface area contributed by atoms with Gasteiger partial charge in [-0.2, -0.15) is 0 Å². The van der Waals surface area contributed by atoms with E-state index >= 15 is 0 Å². The van der Waals surface area contributed by atoms with Crippen LogP contribution in [0, 0.1) is 0 Å². The maximum Gasteiger partial charge on any atom is 0.105 e. The van der Waals surface area contributed by atoms with Gasteiger partial charge in [-0.1, -0.05) is 58.4 Å². The first-order valence-electron chi connectivity index (χ1n) is 5.82. The van der Waals surface area contributed by atoms with Crippen LogP contribution in [-0.2, 0) is 6.42 Å². The molecule has 0 fully saturated rings. The molecular weight excluding hydrogens is 292 g/mol. The zero-order valence-corrected chi connectivity index (χ0v) is 11.4. The Morgan fingerprint density at radius 3 is 2.11 bits per heavy atom. The average molecular weight is 307 g/mol. The molecular formula is C15H15BrO2. The number of benzene rings is 2. The molecule has 2 aromatic carbocycles. The molecule has 0 aromatic heterocycles. The van der Waals surface area contributed by atoms with Crippen molar-refractivity contribution in [2.75, 3.05) is 0 Å². The van der Waals surface area contributed by atoms with Crippen molar-refractivity contribution in [1.29, 1.82) is 0 Å². The predicted octanol–water partition coefficient (Wildman–Crippen LogP) is 3.09. The molecule has 94 valence electrons. The van der Waals surface area contributed by atoms with Gasteiger partial charge in [0, 0.05) is 10.9 Å². The third-order valence-corrected chi connectivity index (χ3v) is 3.39. The van der Waals surface area contributed by atoms with Gasteiger partial charge in [-0.15, -0.1) is 0 Å². The molecule has 2 rings (SSSR count). The molecule has 0 radical (unpaired) electrons. The van der Waals surface area contributed by atoms with E-state index in [1.807, 2.05) is 54.6 Å². The van der Waals surface area contributed by atoms with Crippen LogP contribution < -0.4 is 0 Å². The van der Waals surface area contributed by atoms with Crippen molar-refractivity contribution in [2.45, 2.75) is 18.6 Å². The topological polar surface area (TPSA) is 40.5 Å². The smallest absolute Gasteiger partial charge is 0.105 e. The summed E-state index contributed by atoms with van der Waals surface area (Å²) in [5.74, 6) is 0. The van der Waals surface area contributed by atoms with Crippen LogP contribution in [0.3, 0.4) is 0 Å². The van der Waals surface area contributed by atoms with Gasteiger partial charge in [-0.3, -0.25) is 0 Å². The minimum Gasteiger partial charge on any atom is -0.390 e. The quantitative estimate of drug-likeness (QED) is 0.911. The van der Waals surface area contributed by atoms with Crippen molar-refractivity contribution in [3.63, 3.8) is 0 Å². The number of hydrogen-bond acceptors (Lipinski definition) is 2. The Labute approximate surface area is 115 Å². The summed E-state index contributed by atoms with van der Waals surface area (Å²) in [4.78, 5) is 0. The van der Waals surface area contributed by atoms with Gasteiger partial charge in [0.1, 0.15) is 6.10 Å². The average Bonchev–Trinajstić information content (AvgIpc) is 2.41. The summed E-state index contributed by atoms with van der Waals surface area (Å²) in [5, 5.41) is 20.1. The molecule has 0 aliphatic rings. The zero-order chi connectivity index (χ0) is 13.0. The molecule has 0 spiro atoms. The molecule has 0 saturated heterocycles. The molecule has 3 heteroatoms. The molecule has 0 aliphatic carbocycles. The molecule has 2 unspecified atom stereocenters. The third-order valence-electron chi connectivity index (χ3n) is 2.86. The van der Waals surface area contributed by atoms with Gasteiger partial charge in [0.25, 0.3) is 0 Å². The molecule has 2 atom stereocenters. The highest BCUT2D eigenvalue weighted by atomic mass is 79.9. The van der Waals surface area contributed by atoms with Gasteiger partial charge < -0.3 is 10.2 Å². The van der Waals surface area contributed by atoms with E-state index in [1.165, 1.54) is 0 Å². The Balaban J connectivity index is 2.03. The van der Waals surface area contributed by atoms with Crippen molar-refractivity contribution in [3.05, 3.63) is 70.2 Å². The van der Waals surface area contributed by atoms with E-state index in [4.69, 9.17) is 0 Å². The lowest BCUT2D eigenvalue weighted by molar-refractivity contribution is 0.0190. The predicted molar refractivity (Wildman–Crippen MR) is 75.3 cm³/mol. The van der Waals surface area contributed by atoms with Crippen LogP contribution in [0.15, 0.2) is 59.1 Å². The largest absolute Gasteiger partial charge is 0.390 e. The Morgan fingerprint density at radius 1 is 0.889 bits per heavy atom. The Hall–Kier alpha value is -1.16. The van der Waals surface area contributed by atoms with Gasteiger partial charge in [0.05, 0.1) is 6.10 Å². The molecule has 0 heterocycles. The normalized spacial score (nSPS) is 14.2. The van der Waals surface area contributed by atoms with Crippen LogP contribution in [0.4, 0.5) is 0 Å². The lowest BCUT2D eigenvalue weighted by Crippen LogP contribution is -2.20. The first-order chi connectivity index (χ1) is 8.66. The number of rotatable bonds is 4. The van der Waals surface area contributed by atoms with Crippen molar-refractivity contribution in [1.82, 2.24) is 0 Å². The van der Waals surface area contributed by atoms with Gasteiger partial charge in [-0.25, -0.2) is 0 Å². The van der Waals surface area contributed by atoms with Crippen molar-refractivity contribution >= 4 is 15.9 Å². The van der Waals surface area contributed by atoms with Crippen LogP contribution in [0.25, 0.3) is 0 Å². The molecule has 0 bridgehead atoms. The first kappa shape index (κ1) is 13.3. The summed E-state index contributed by atoms with van der Waals surface area (Å²) in [5.41, 5.74) is 1.74. The standard InChI is InChI=1S/C15H15BrO2/c16-13-8-6-11(7-9-13)10-14(17)15(18)12-4-2-1-3-5-12/h1-9,14-15,17-18H,10H2. The number of aliphatic hydroxyl groups is 2. The van der Waals surface area contributed by atoms with E-state index in [2.05, 4.69) is 15.9 Å². The second-order valence-corrected chi connectivity index (χ2v) is 5.17. The summed E-state index contributed by atoms with van der Waals surface area (Å²) < 4.78 is 1.00. The van der Waals surface area contributed by atoms with E-state index in [1.54, 1.807) is 0 Å². The second-order valence-electron chi connectivity index (χ2n) is 4.25. The minimum atomic E-state index is -0.852. The van der Waals surface area contributed by atoms with E-state index in [0.717, 1.165) is 15.6 Å². The van der Waals surface area contributed by atoms with Gasteiger partial charge >= 0.3 is 0 Å². The molecule has 18 heavy (non-hydrogen) atoms. The lowest BCUT2D eigenvalue weighted by atomic mass is 9.99. The van der Waals surface area contributed by atoms with E-state index in [-0.39, 0.29) is 0 Å². The fraction of sp³-hybridized carbons (Fsp3) is 0.200. The SMILES string of the molecule is OC(Cc1ccc(Br)cc1)C(O)c1ccccc1. The van der Waals surface area contributed by atoms with Gasteiger partial charge in [0.15, 0.2) is 0 Å². The van der Waals surface area contributed by atoms with Crippen LogP contribution in [0.5, 0.6) is 0 Å². The van der Waals surface area contributed by atoms with E-state index in [9.17, 15) is 10.2 Å². The summed E-state index contributed by atoms with van der Waals surface area (Å²) in [6.45, 7) is 0.